The molecule has 3 atom stereocenters. The zero-order chi connectivity index (χ0) is 14.8. The second-order valence-electron chi connectivity index (χ2n) is 6.33. The zero-order valence-electron chi connectivity index (χ0n) is 12.9. The summed E-state index contributed by atoms with van der Waals surface area (Å²) >= 11 is 0. The van der Waals surface area contributed by atoms with Gasteiger partial charge in [0.25, 0.3) is 0 Å². The first-order chi connectivity index (χ1) is 10.2. The highest BCUT2D eigenvalue weighted by atomic mass is 19.1. The molecule has 0 bridgehead atoms. The Morgan fingerprint density at radius 3 is 3.10 bits per heavy atom. The van der Waals surface area contributed by atoms with Crippen molar-refractivity contribution in [1.82, 2.24) is 10.2 Å². The number of nitrogens with one attached hydrogen (secondary N) is 1. The molecule has 21 heavy (non-hydrogen) atoms. The smallest absolute Gasteiger partial charge is 0.123 e. The van der Waals surface area contributed by atoms with E-state index < -0.39 is 0 Å². The number of benzene rings is 1. The van der Waals surface area contributed by atoms with Crippen LogP contribution >= 0.6 is 0 Å². The highest BCUT2D eigenvalue weighted by Crippen LogP contribution is 2.25. The summed E-state index contributed by atoms with van der Waals surface area (Å²) < 4.78 is 19.3. The molecule has 0 radical (unpaired) electrons. The lowest BCUT2D eigenvalue weighted by atomic mass is 9.96. The van der Waals surface area contributed by atoms with Gasteiger partial charge in [-0.15, -0.1) is 0 Å². The summed E-state index contributed by atoms with van der Waals surface area (Å²) in [5, 5.41) is 3.40. The van der Waals surface area contributed by atoms with Gasteiger partial charge in [-0.3, -0.25) is 4.90 Å². The van der Waals surface area contributed by atoms with Crippen LogP contribution in [-0.2, 0) is 11.2 Å². The molecule has 0 aliphatic carbocycles. The average Bonchev–Trinajstić information content (AvgIpc) is 2.94. The molecule has 4 heteroatoms. The van der Waals surface area contributed by atoms with E-state index in [4.69, 9.17) is 4.74 Å². The van der Waals surface area contributed by atoms with Crippen LogP contribution in [0.5, 0.6) is 0 Å². The van der Waals surface area contributed by atoms with Gasteiger partial charge in [0.15, 0.2) is 0 Å². The monoisotopic (exact) mass is 292 g/mol. The average molecular weight is 292 g/mol. The van der Waals surface area contributed by atoms with Crippen molar-refractivity contribution in [2.24, 2.45) is 0 Å². The third-order valence-electron chi connectivity index (χ3n) is 4.98. The lowest BCUT2D eigenvalue weighted by molar-refractivity contribution is -0.0634. The number of nitrogens with zero attached hydrogens (tertiary/aromatic N) is 1. The number of hydrogen-bond donors (Lipinski definition) is 1. The molecule has 0 saturated carbocycles. The Morgan fingerprint density at radius 1 is 1.48 bits per heavy atom. The summed E-state index contributed by atoms with van der Waals surface area (Å²) in [5.74, 6) is -0.161. The molecule has 2 fully saturated rings. The molecule has 1 N–H and O–H groups in total. The van der Waals surface area contributed by atoms with Gasteiger partial charge in [-0.05, 0) is 63.0 Å². The predicted molar refractivity (Wildman–Crippen MR) is 82.0 cm³/mol. The minimum atomic E-state index is -0.161. The van der Waals surface area contributed by atoms with Crippen molar-refractivity contribution in [3.8, 4) is 0 Å². The molecule has 0 amide bonds. The summed E-state index contributed by atoms with van der Waals surface area (Å²) in [7, 11) is 1.99. The summed E-state index contributed by atoms with van der Waals surface area (Å²) in [6.07, 6.45) is 3.66. The minimum Gasteiger partial charge on any atom is -0.374 e. The number of halogens is 1. The Labute approximate surface area is 126 Å². The summed E-state index contributed by atoms with van der Waals surface area (Å²) in [5.41, 5.74) is 2.22. The largest absolute Gasteiger partial charge is 0.374 e. The van der Waals surface area contributed by atoms with Crippen LogP contribution < -0.4 is 5.32 Å². The van der Waals surface area contributed by atoms with Gasteiger partial charge >= 0.3 is 0 Å². The first-order valence-electron chi connectivity index (χ1n) is 7.95. The highest BCUT2D eigenvalue weighted by molar-refractivity contribution is 5.27. The van der Waals surface area contributed by atoms with Crippen LogP contribution in [0.3, 0.4) is 0 Å². The molecule has 3 rings (SSSR count). The number of aryl methyl sites for hydroxylation is 1. The van der Waals surface area contributed by atoms with Gasteiger partial charge < -0.3 is 10.1 Å². The zero-order valence-corrected chi connectivity index (χ0v) is 12.9. The summed E-state index contributed by atoms with van der Waals surface area (Å²) in [6.45, 7) is 5.04. The molecule has 1 aromatic rings. The van der Waals surface area contributed by atoms with Crippen LogP contribution in [0, 0.1) is 12.7 Å². The highest BCUT2D eigenvalue weighted by Gasteiger charge is 2.35. The molecule has 3 nitrogen and oxygen atoms in total. The number of morpholine rings is 1. The van der Waals surface area contributed by atoms with E-state index in [0.717, 1.165) is 25.1 Å². The van der Waals surface area contributed by atoms with Crippen LogP contribution in [0.15, 0.2) is 18.2 Å². The van der Waals surface area contributed by atoms with E-state index in [1.807, 2.05) is 20.0 Å². The van der Waals surface area contributed by atoms with Crippen LogP contribution in [0.1, 0.15) is 24.0 Å². The molecule has 0 spiro atoms. The van der Waals surface area contributed by atoms with Crippen molar-refractivity contribution >= 4 is 0 Å². The molecule has 2 saturated heterocycles. The standard InChI is InChI=1S/C17H25FN2O/c1-12-8-14(18)6-5-13(12)9-16(19-2)17-10-20-7-3-4-15(20)11-21-17/h5-6,8,15-17,19H,3-4,7,9-11H2,1-2H3. The molecule has 116 valence electrons. The number of likely N-dealkylation sites (N-methyl/N-ethyl adjacent to an activating group) is 1. The second-order valence-corrected chi connectivity index (χ2v) is 6.33. The normalized spacial score (nSPS) is 27.6. The summed E-state index contributed by atoms with van der Waals surface area (Å²) in [6, 6.07) is 5.96. The van der Waals surface area contributed by atoms with E-state index in [9.17, 15) is 4.39 Å². The lowest BCUT2D eigenvalue weighted by Crippen LogP contribution is -2.54. The fraction of sp³-hybridized carbons (Fsp3) is 0.647. The number of hydrogen-bond acceptors (Lipinski definition) is 3. The molecular formula is C17H25FN2O. The third kappa shape index (κ3) is 3.28. The van der Waals surface area contributed by atoms with Crippen molar-refractivity contribution < 1.29 is 9.13 Å². The number of rotatable bonds is 4. The first kappa shape index (κ1) is 14.9. The van der Waals surface area contributed by atoms with E-state index in [-0.39, 0.29) is 18.0 Å². The first-order valence-corrected chi connectivity index (χ1v) is 7.95. The SMILES string of the molecule is CNC(Cc1ccc(F)cc1C)C1CN2CCCC2CO1. The van der Waals surface area contributed by atoms with Gasteiger partial charge in [0, 0.05) is 18.6 Å². The van der Waals surface area contributed by atoms with Crippen molar-refractivity contribution in [2.75, 3.05) is 26.7 Å². The molecule has 0 aromatic heterocycles. The van der Waals surface area contributed by atoms with E-state index >= 15 is 0 Å². The van der Waals surface area contributed by atoms with Gasteiger partial charge in [0.05, 0.1) is 12.7 Å². The fourth-order valence-electron chi connectivity index (χ4n) is 3.63. The van der Waals surface area contributed by atoms with Crippen molar-refractivity contribution in [3.63, 3.8) is 0 Å². The molecular weight excluding hydrogens is 267 g/mol. The lowest BCUT2D eigenvalue weighted by Gasteiger charge is -2.39. The van der Waals surface area contributed by atoms with Gasteiger partial charge in [-0.1, -0.05) is 6.07 Å². The maximum Gasteiger partial charge on any atom is 0.123 e. The second kappa shape index (κ2) is 6.42. The predicted octanol–water partition coefficient (Wildman–Crippen LogP) is 2.13. The topological polar surface area (TPSA) is 24.5 Å². The van der Waals surface area contributed by atoms with E-state index in [1.165, 1.54) is 24.9 Å². The van der Waals surface area contributed by atoms with E-state index in [2.05, 4.69) is 10.2 Å². The van der Waals surface area contributed by atoms with Gasteiger partial charge in [0.1, 0.15) is 5.82 Å². The molecule has 2 aliphatic heterocycles. The van der Waals surface area contributed by atoms with Crippen LogP contribution in [0.2, 0.25) is 0 Å². The van der Waals surface area contributed by atoms with Crippen molar-refractivity contribution in [3.05, 3.63) is 35.1 Å². The Hall–Kier alpha value is -0.970. The van der Waals surface area contributed by atoms with Gasteiger partial charge in [-0.2, -0.15) is 0 Å². The minimum absolute atomic E-state index is 0.161. The number of ether oxygens (including phenoxy) is 1. The Bertz CT molecular complexity index is 494. The Kier molecular flexibility index (Phi) is 4.57. The van der Waals surface area contributed by atoms with Crippen LogP contribution in [0.4, 0.5) is 4.39 Å². The summed E-state index contributed by atoms with van der Waals surface area (Å²) in [4.78, 5) is 2.57. The fourth-order valence-corrected chi connectivity index (χ4v) is 3.63. The van der Waals surface area contributed by atoms with Gasteiger partial charge in [-0.25, -0.2) is 4.39 Å². The van der Waals surface area contributed by atoms with E-state index in [0.29, 0.717) is 6.04 Å². The maximum atomic E-state index is 13.2. The van der Waals surface area contributed by atoms with Crippen molar-refractivity contribution in [1.29, 1.82) is 0 Å². The van der Waals surface area contributed by atoms with Crippen molar-refractivity contribution in [2.45, 2.75) is 44.4 Å². The maximum absolute atomic E-state index is 13.2. The Balaban J connectivity index is 1.67. The quantitative estimate of drug-likeness (QED) is 0.920. The molecule has 1 aromatic carbocycles. The van der Waals surface area contributed by atoms with Crippen LogP contribution in [0.25, 0.3) is 0 Å². The molecule has 3 unspecified atom stereocenters. The van der Waals surface area contributed by atoms with Gasteiger partial charge in [0.2, 0.25) is 0 Å². The Morgan fingerprint density at radius 2 is 2.33 bits per heavy atom. The molecule has 2 aliphatic rings. The molecule has 2 heterocycles. The van der Waals surface area contributed by atoms with E-state index in [1.54, 1.807) is 12.1 Å². The number of fused-ring (bicyclic) bond motifs is 1. The van der Waals surface area contributed by atoms with Crippen LogP contribution in [-0.4, -0.2) is 49.8 Å². The third-order valence-corrected chi connectivity index (χ3v) is 4.98.